The maximum atomic E-state index is 15.2. The molecule has 2 fully saturated rings. The number of benzene rings is 4. The summed E-state index contributed by atoms with van der Waals surface area (Å²) in [6, 6.07) is 30.8. The molecule has 1 saturated heterocycles. The van der Waals surface area contributed by atoms with Crippen LogP contribution in [0, 0.1) is 23.7 Å². The zero-order valence-corrected chi connectivity index (χ0v) is 28.7. The van der Waals surface area contributed by atoms with Crippen LogP contribution in [0.15, 0.2) is 134 Å². The third-order valence-corrected chi connectivity index (χ3v) is 11.9. The van der Waals surface area contributed by atoms with E-state index in [2.05, 4.69) is 6.58 Å². The van der Waals surface area contributed by atoms with E-state index in [1.54, 1.807) is 30.3 Å². The highest BCUT2D eigenvalue weighted by Crippen LogP contribution is 2.64. The minimum Gasteiger partial charge on any atom is -0.508 e. The Morgan fingerprint density at radius 2 is 1.52 bits per heavy atom. The van der Waals surface area contributed by atoms with Crippen LogP contribution in [0.5, 0.6) is 11.5 Å². The SMILES string of the molecule is C=CCc1cccc(C2C3=CCC4C(=O)N(CCc5ccc(O)cc5)C(=O)C4C3CC3C(=O)C(c4ccccc4)=CC(=O)C32c2ccccc2)c1O. The van der Waals surface area contributed by atoms with Gasteiger partial charge in [0.15, 0.2) is 11.6 Å². The number of hydrogen-bond donors (Lipinski definition) is 2. The van der Waals surface area contributed by atoms with Gasteiger partial charge in [0.1, 0.15) is 11.5 Å². The summed E-state index contributed by atoms with van der Waals surface area (Å²) in [4.78, 5) is 60.1. The van der Waals surface area contributed by atoms with E-state index >= 15 is 9.59 Å². The van der Waals surface area contributed by atoms with Gasteiger partial charge < -0.3 is 10.2 Å². The summed E-state index contributed by atoms with van der Waals surface area (Å²) >= 11 is 0. The van der Waals surface area contributed by atoms with Crippen molar-refractivity contribution in [1.29, 1.82) is 0 Å². The fraction of sp³-hybridized carbons (Fsp3) is 0.244. The summed E-state index contributed by atoms with van der Waals surface area (Å²) in [5, 5.41) is 21.7. The van der Waals surface area contributed by atoms with Gasteiger partial charge in [-0.3, -0.25) is 24.1 Å². The van der Waals surface area contributed by atoms with Crippen LogP contribution >= 0.6 is 0 Å². The van der Waals surface area contributed by atoms with Gasteiger partial charge in [0.05, 0.1) is 17.3 Å². The monoisotopic (exact) mass is 689 g/mol. The number of imide groups is 1. The van der Waals surface area contributed by atoms with Crippen LogP contribution in [0.2, 0.25) is 0 Å². The van der Waals surface area contributed by atoms with Gasteiger partial charge in [0, 0.05) is 29.5 Å². The average molecular weight is 690 g/mol. The lowest BCUT2D eigenvalue weighted by molar-refractivity contribution is -0.140. The molecule has 6 unspecified atom stereocenters. The van der Waals surface area contributed by atoms with Crippen LogP contribution in [-0.4, -0.2) is 45.0 Å². The fourth-order valence-corrected chi connectivity index (χ4v) is 9.57. The van der Waals surface area contributed by atoms with Gasteiger partial charge in [0.25, 0.3) is 0 Å². The molecule has 1 heterocycles. The lowest BCUT2D eigenvalue weighted by atomic mass is 9.44. The molecule has 4 aliphatic rings. The normalized spacial score (nSPS) is 26.6. The van der Waals surface area contributed by atoms with Crippen molar-refractivity contribution in [2.75, 3.05) is 6.54 Å². The Morgan fingerprint density at radius 3 is 2.23 bits per heavy atom. The molecule has 4 aromatic rings. The van der Waals surface area contributed by atoms with Crippen molar-refractivity contribution in [2.45, 2.75) is 37.0 Å². The fourth-order valence-electron chi connectivity index (χ4n) is 9.57. The van der Waals surface area contributed by atoms with Crippen LogP contribution in [0.4, 0.5) is 0 Å². The number of para-hydroxylation sites is 1. The maximum Gasteiger partial charge on any atom is 0.233 e. The summed E-state index contributed by atoms with van der Waals surface area (Å²) in [5.41, 5.74) is 3.09. The van der Waals surface area contributed by atoms with Gasteiger partial charge in [-0.1, -0.05) is 109 Å². The number of likely N-dealkylation sites (tertiary alicyclic amines) is 1. The van der Waals surface area contributed by atoms with E-state index < -0.39 is 35.0 Å². The van der Waals surface area contributed by atoms with Crippen LogP contribution in [0.1, 0.15) is 46.6 Å². The molecular weight excluding hydrogens is 650 g/mol. The quantitative estimate of drug-likeness (QED) is 0.154. The molecule has 2 amide bonds. The number of nitrogens with zero attached hydrogens (tertiary/aromatic N) is 1. The van der Waals surface area contributed by atoms with Gasteiger partial charge in [-0.25, -0.2) is 0 Å². The number of amides is 2. The smallest absolute Gasteiger partial charge is 0.233 e. The number of allylic oxidation sites excluding steroid dienone is 5. The largest absolute Gasteiger partial charge is 0.508 e. The zero-order chi connectivity index (χ0) is 36.1. The first kappa shape index (κ1) is 33.3. The predicted molar refractivity (Wildman–Crippen MR) is 197 cm³/mol. The third-order valence-electron chi connectivity index (χ3n) is 11.9. The molecular formula is C45H39NO6. The topological polar surface area (TPSA) is 112 Å². The Morgan fingerprint density at radius 1 is 0.808 bits per heavy atom. The summed E-state index contributed by atoms with van der Waals surface area (Å²) in [6.07, 6.45) is 6.55. The highest BCUT2D eigenvalue weighted by Gasteiger charge is 2.66. The number of phenols is 2. The van der Waals surface area contributed by atoms with Crippen LogP contribution in [0.3, 0.4) is 0 Å². The molecule has 260 valence electrons. The Hall–Kier alpha value is -5.82. The van der Waals surface area contributed by atoms with Crippen molar-refractivity contribution in [3.05, 3.63) is 161 Å². The molecule has 0 bridgehead atoms. The minimum absolute atomic E-state index is 0.0348. The lowest BCUT2D eigenvalue weighted by Crippen LogP contribution is -2.58. The van der Waals surface area contributed by atoms with Gasteiger partial charge in [-0.15, -0.1) is 6.58 Å². The Labute approximate surface area is 302 Å². The number of Topliss-reactive ketones (excluding diaryl/α,β-unsaturated/α-hetero) is 1. The molecule has 8 rings (SSSR count). The van der Waals surface area contributed by atoms with Gasteiger partial charge in [-0.05, 0) is 72.1 Å². The summed E-state index contributed by atoms with van der Waals surface area (Å²) < 4.78 is 0. The van der Waals surface area contributed by atoms with Crippen molar-refractivity contribution in [1.82, 2.24) is 4.90 Å². The second kappa shape index (κ2) is 13.1. The molecule has 0 radical (unpaired) electrons. The number of phenolic OH excluding ortho intramolecular Hbond substituents is 2. The van der Waals surface area contributed by atoms with Crippen molar-refractivity contribution >= 4 is 29.0 Å². The molecule has 1 saturated carbocycles. The molecule has 2 N–H and O–H groups in total. The molecule has 4 aromatic carbocycles. The number of fused-ring (bicyclic) bond motifs is 4. The third kappa shape index (κ3) is 5.09. The predicted octanol–water partition coefficient (Wildman–Crippen LogP) is 6.89. The highest BCUT2D eigenvalue weighted by atomic mass is 16.3. The number of aromatic hydroxyl groups is 2. The molecule has 0 spiro atoms. The second-order valence-corrected chi connectivity index (χ2v) is 14.4. The Bertz CT molecular complexity index is 2170. The van der Waals surface area contributed by atoms with Crippen molar-refractivity contribution in [3.8, 4) is 11.5 Å². The van der Waals surface area contributed by atoms with Crippen LogP contribution in [0.25, 0.3) is 5.57 Å². The number of rotatable bonds is 8. The van der Waals surface area contributed by atoms with Crippen molar-refractivity contribution in [3.63, 3.8) is 0 Å². The molecule has 52 heavy (non-hydrogen) atoms. The standard InChI is InChI=1S/C45H39NO6/c1-2-10-29-13-9-16-34(41(29)49)40-32-21-22-33-39(44(52)46(43(33)51)24-23-27-17-19-31(47)20-18-27)36(32)25-37-42(50)35(28-11-5-3-6-12-28)26-38(48)45(37,40)30-14-7-4-8-15-30/h2-9,11-21,26,33,36-37,39-40,47,49H,1,10,22-25H2. The van der Waals surface area contributed by atoms with Crippen molar-refractivity contribution in [2.24, 2.45) is 23.7 Å². The van der Waals surface area contributed by atoms with Crippen LogP contribution in [-0.2, 0) is 37.4 Å². The van der Waals surface area contributed by atoms with E-state index in [-0.39, 0.29) is 47.8 Å². The zero-order valence-electron chi connectivity index (χ0n) is 28.7. The van der Waals surface area contributed by atoms with E-state index in [0.717, 1.165) is 11.1 Å². The second-order valence-electron chi connectivity index (χ2n) is 14.4. The van der Waals surface area contributed by atoms with Crippen LogP contribution < -0.4 is 0 Å². The Balaban J connectivity index is 1.30. The molecule has 6 atom stereocenters. The number of ketones is 2. The first-order valence-corrected chi connectivity index (χ1v) is 17.9. The highest BCUT2D eigenvalue weighted by molar-refractivity contribution is 6.31. The summed E-state index contributed by atoms with van der Waals surface area (Å²) in [6.45, 7) is 4.07. The summed E-state index contributed by atoms with van der Waals surface area (Å²) in [7, 11) is 0. The summed E-state index contributed by atoms with van der Waals surface area (Å²) in [5.74, 6) is -4.24. The van der Waals surface area contributed by atoms with E-state index in [1.165, 1.54) is 11.0 Å². The molecule has 7 nitrogen and oxygen atoms in total. The van der Waals surface area contributed by atoms with E-state index in [0.29, 0.717) is 47.1 Å². The molecule has 7 heteroatoms. The van der Waals surface area contributed by atoms with E-state index in [4.69, 9.17) is 0 Å². The molecule has 0 aromatic heterocycles. The lowest BCUT2D eigenvalue weighted by Gasteiger charge is -2.55. The number of hydrogen-bond acceptors (Lipinski definition) is 6. The Kier molecular flexibility index (Phi) is 8.37. The van der Waals surface area contributed by atoms with E-state index in [1.807, 2.05) is 84.9 Å². The number of carbonyl (C=O) groups excluding carboxylic acids is 4. The molecule has 3 aliphatic carbocycles. The van der Waals surface area contributed by atoms with Gasteiger partial charge >= 0.3 is 0 Å². The minimum atomic E-state index is -1.42. The van der Waals surface area contributed by atoms with Crippen molar-refractivity contribution < 1.29 is 29.4 Å². The number of carbonyl (C=O) groups is 4. The maximum absolute atomic E-state index is 15.2. The van der Waals surface area contributed by atoms with Gasteiger partial charge in [0.2, 0.25) is 11.8 Å². The first-order chi connectivity index (χ1) is 25.2. The van der Waals surface area contributed by atoms with E-state index in [9.17, 15) is 19.8 Å². The molecule has 1 aliphatic heterocycles. The first-order valence-electron chi connectivity index (χ1n) is 17.9. The van der Waals surface area contributed by atoms with Gasteiger partial charge in [-0.2, -0.15) is 0 Å². The average Bonchev–Trinajstić information content (AvgIpc) is 3.41.